The van der Waals surface area contributed by atoms with Crippen molar-refractivity contribution in [1.29, 1.82) is 0 Å². The standard InChI is InChI=1S/C20H19ClF3N3O2/c1-12(19(29)26-17-9-4-13(21)11-16(17)20(22,23)24)25-14-5-7-15(8-6-14)27-10-2-3-18(27)28/h4-9,11-12,25H,2-3,10H2,1H3,(H,26,29). The molecule has 3 rings (SSSR count). The van der Waals surface area contributed by atoms with Crippen LogP contribution in [0, 0.1) is 0 Å². The summed E-state index contributed by atoms with van der Waals surface area (Å²) in [6.45, 7) is 2.21. The van der Waals surface area contributed by atoms with E-state index >= 15 is 0 Å². The van der Waals surface area contributed by atoms with Gasteiger partial charge in [-0.2, -0.15) is 13.2 Å². The summed E-state index contributed by atoms with van der Waals surface area (Å²) in [5, 5.41) is 5.16. The molecule has 5 nitrogen and oxygen atoms in total. The van der Waals surface area contributed by atoms with Crippen molar-refractivity contribution < 1.29 is 22.8 Å². The number of nitrogens with one attached hydrogen (secondary N) is 2. The summed E-state index contributed by atoms with van der Waals surface area (Å²) in [5.41, 5.74) is 0.00922. The summed E-state index contributed by atoms with van der Waals surface area (Å²) in [4.78, 5) is 25.9. The van der Waals surface area contributed by atoms with Crippen molar-refractivity contribution in [2.24, 2.45) is 0 Å². The Morgan fingerprint density at radius 2 is 1.86 bits per heavy atom. The van der Waals surface area contributed by atoms with Crippen molar-refractivity contribution in [3.05, 3.63) is 53.1 Å². The zero-order valence-corrected chi connectivity index (χ0v) is 16.3. The number of hydrogen-bond acceptors (Lipinski definition) is 3. The lowest BCUT2D eigenvalue weighted by atomic mass is 10.1. The fraction of sp³-hybridized carbons (Fsp3) is 0.300. The summed E-state index contributed by atoms with van der Waals surface area (Å²) in [5.74, 6) is -0.557. The van der Waals surface area contributed by atoms with Crippen LogP contribution in [0.25, 0.3) is 0 Å². The number of hydrogen-bond donors (Lipinski definition) is 2. The number of alkyl halides is 3. The zero-order chi connectivity index (χ0) is 21.2. The Labute approximate surface area is 170 Å². The van der Waals surface area contributed by atoms with Crippen LogP contribution in [0.2, 0.25) is 5.02 Å². The highest BCUT2D eigenvalue weighted by atomic mass is 35.5. The van der Waals surface area contributed by atoms with Gasteiger partial charge in [0, 0.05) is 29.4 Å². The molecule has 1 saturated heterocycles. The van der Waals surface area contributed by atoms with Gasteiger partial charge in [-0.15, -0.1) is 0 Å². The van der Waals surface area contributed by atoms with E-state index in [1.165, 1.54) is 13.0 Å². The van der Waals surface area contributed by atoms with Crippen LogP contribution < -0.4 is 15.5 Å². The number of nitrogens with zero attached hydrogens (tertiary/aromatic N) is 1. The Morgan fingerprint density at radius 1 is 1.17 bits per heavy atom. The number of benzene rings is 2. The Balaban J connectivity index is 1.66. The average molecular weight is 426 g/mol. The fourth-order valence-corrected chi connectivity index (χ4v) is 3.25. The Hall–Kier alpha value is -2.74. The van der Waals surface area contributed by atoms with E-state index < -0.39 is 23.7 Å². The summed E-state index contributed by atoms with van der Waals surface area (Å²) in [7, 11) is 0. The summed E-state index contributed by atoms with van der Waals surface area (Å²) in [6, 6.07) is 9.33. The molecular formula is C20H19ClF3N3O2. The number of anilines is 3. The van der Waals surface area contributed by atoms with Gasteiger partial charge in [-0.25, -0.2) is 0 Å². The highest BCUT2D eigenvalue weighted by molar-refractivity contribution is 6.30. The normalized spacial score (nSPS) is 15.3. The molecule has 1 atom stereocenters. The maximum Gasteiger partial charge on any atom is 0.418 e. The molecule has 0 aromatic heterocycles. The number of halogens is 4. The van der Waals surface area contributed by atoms with Gasteiger partial charge in [-0.05, 0) is 55.8 Å². The van der Waals surface area contributed by atoms with E-state index in [0.717, 1.165) is 24.2 Å². The Bertz CT molecular complexity index is 916. The molecule has 0 saturated carbocycles. The van der Waals surface area contributed by atoms with Crippen molar-refractivity contribution in [2.45, 2.75) is 32.0 Å². The van der Waals surface area contributed by atoms with E-state index in [2.05, 4.69) is 10.6 Å². The predicted molar refractivity (Wildman–Crippen MR) is 106 cm³/mol. The minimum absolute atomic E-state index is 0.0712. The lowest BCUT2D eigenvalue weighted by Crippen LogP contribution is -2.32. The van der Waals surface area contributed by atoms with Crippen molar-refractivity contribution in [2.75, 3.05) is 22.1 Å². The fourth-order valence-electron chi connectivity index (χ4n) is 3.08. The van der Waals surface area contributed by atoms with E-state index in [9.17, 15) is 22.8 Å². The molecule has 1 aliphatic heterocycles. The van der Waals surface area contributed by atoms with Crippen LogP contribution in [0.1, 0.15) is 25.3 Å². The van der Waals surface area contributed by atoms with E-state index in [4.69, 9.17) is 11.6 Å². The maximum atomic E-state index is 13.2. The monoisotopic (exact) mass is 425 g/mol. The molecule has 2 aromatic rings. The van der Waals surface area contributed by atoms with Crippen LogP contribution in [0.15, 0.2) is 42.5 Å². The minimum Gasteiger partial charge on any atom is -0.374 e. The molecule has 1 heterocycles. The Morgan fingerprint density at radius 3 is 2.45 bits per heavy atom. The quantitative estimate of drug-likeness (QED) is 0.714. The first-order valence-electron chi connectivity index (χ1n) is 9.00. The zero-order valence-electron chi connectivity index (χ0n) is 15.5. The maximum absolute atomic E-state index is 13.2. The van der Waals surface area contributed by atoms with Crippen LogP contribution in [-0.4, -0.2) is 24.4 Å². The molecule has 2 N–H and O–H groups in total. The molecule has 9 heteroatoms. The molecule has 1 fully saturated rings. The summed E-state index contributed by atoms with van der Waals surface area (Å²) in [6.07, 6.45) is -3.30. The molecule has 0 radical (unpaired) electrons. The van der Waals surface area contributed by atoms with Crippen LogP contribution in [-0.2, 0) is 15.8 Å². The van der Waals surface area contributed by atoms with Gasteiger partial charge in [0.1, 0.15) is 6.04 Å². The topological polar surface area (TPSA) is 61.4 Å². The molecule has 0 aliphatic carbocycles. The molecule has 2 aromatic carbocycles. The number of carbonyl (C=O) groups is 2. The van der Waals surface area contributed by atoms with Crippen molar-refractivity contribution >= 4 is 40.5 Å². The highest BCUT2D eigenvalue weighted by Crippen LogP contribution is 2.36. The van der Waals surface area contributed by atoms with Crippen molar-refractivity contribution in [1.82, 2.24) is 0 Å². The second-order valence-electron chi connectivity index (χ2n) is 6.74. The lowest BCUT2D eigenvalue weighted by molar-refractivity contribution is -0.137. The van der Waals surface area contributed by atoms with Gasteiger partial charge in [0.2, 0.25) is 11.8 Å². The molecule has 0 spiro atoms. The minimum atomic E-state index is -4.65. The van der Waals surface area contributed by atoms with Crippen LogP contribution >= 0.6 is 11.6 Å². The first kappa shape index (κ1) is 21.0. The van der Waals surface area contributed by atoms with Gasteiger partial charge >= 0.3 is 6.18 Å². The number of carbonyl (C=O) groups excluding carboxylic acids is 2. The second kappa shape index (κ2) is 8.32. The predicted octanol–water partition coefficient (Wildman–Crippen LogP) is 4.92. The van der Waals surface area contributed by atoms with Gasteiger partial charge in [-0.3, -0.25) is 9.59 Å². The van der Waals surface area contributed by atoms with E-state index in [0.29, 0.717) is 18.7 Å². The summed E-state index contributed by atoms with van der Waals surface area (Å²) >= 11 is 5.65. The third kappa shape index (κ3) is 5.00. The SMILES string of the molecule is CC(Nc1ccc(N2CCCC2=O)cc1)C(=O)Nc1ccc(Cl)cc1C(F)(F)F. The van der Waals surface area contributed by atoms with Crippen LogP contribution in [0.3, 0.4) is 0 Å². The highest BCUT2D eigenvalue weighted by Gasteiger charge is 2.34. The van der Waals surface area contributed by atoms with Gasteiger partial charge in [0.25, 0.3) is 0 Å². The number of amides is 2. The van der Waals surface area contributed by atoms with E-state index in [1.807, 2.05) is 0 Å². The van der Waals surface area contributed by atoms with Crippen molar-refractivity contribution in [3.63, 3.8) is 0 Å². The van der Waals surface area contributed by atoms with Gasteiger partial charge < -0.3 is 15.5 Å². The lowest BCUT2D eigenvalue weighted by Gasteiger charge is -2.19. The first-order chi connectivity index (χ1) is 13.6. The number of rotatable bonds is 5. The van der Waals surface area contributed by atoms with Gasteiger partial charge in [-0.1, -0.05) is 11.6 Å². The molecule has 1 aliphatic rings. The molecular weight excluding hydrogens is 407 g/mol. The third-order valence-electron chi connectivity index (χ3n) is 4.57. The second-order valence-corrected chi connectivity index (χ2v) is 7.18. The smallest absolute Gasteiger partial charge is 0.374 e. The first-order valence-corrected chi connectivity index (χ1v) is 9.37. The van der Waals surface area contributed by atoms with Gasteiger partial charge in [0.15, 0.2) is 0 Å². The molecule has 2 amide bonds. The van der Waals surface area contributed by atoms with E-state index in [1.54, 1.807) is 29.2 Å². The molecule has 1 unspecified atom stereocenters. The van der Waals surface area contributed by atoms with E-state index in [-0.39, 0.29) is 16.6 Å². The van der Waals surface area contributed by atoms with Gasteiger partial charge in [0.05, 0.1) is 11.3 Å². The van der Waals surface area contributed by atoms with Crippen LogP contribution in [0.5, 0.6) is 0 Å². The summed E-state index contributed by atoms with van der Waals surface area (Å²) < 4.78 is 39.5. The molecule has 29 heavy (non-hydrogen) atoms. The molecule has 154 valence electrons. The van der Waals surface area contributed by atoms with Crippen molar-refractivity contribution in [3.8, 4) is 0 Å². The average Bonchev–Trinajstić information content (AvgIpc) is 3.09. The Kier molecular flexibility index (Phi) is 6.02. The molecule has 0 bridgehead atoms. The van der Waals surface area contributed by atoms with Crippen LogP contribution in [0.4, 0.5) is 30.2 Å². The third-order valence-corrected chi connectivity index (χ3v) is 4.81. The largest absolute Gasteiger partial charge is 0.418 e.